The van der Waals surface area contributed by atoms with Crippen LogP contribution in [-0.2, 0) is 6.54 Å². The van der Waals surface area contributed by atoms with Crippen LogP contribution in [0.5, 0.6) is 0 Å². The standard InChI is InChI=1S/C6H9N3O2/c1-4-2-5(9-11-4)3-8-6(7)10/h2H,3H2,1H3,(H3,7,8,10). The molecular weight excluding hydrogens is 146 g/mol. The van der Waals surface area contributed by atoms with Crippen molar-refractivity contribution in [3.8, 4) is 0 Å². The van der Waals surface area contributed by atoms with E-state index in [2.05, 4.69) is 10.5 Å². The van der Waals surface area contributed by atoms with Crippen LogP contribution < -0.4 is 11.1 Å². The van der Waals surface area contributed by atoms with E-state index in [4.69, 9.17) is 10.3 Å². The molecule has 0 spiro atoms. The molecule has 1 heterocycles. The Morgan fingerprint density at radius 1 is 1.91 bits per heavy atom. The third kappa shape index (κ3) is 2.29. The van der Waals surface area contributed by atoms with E-state index in [-0.39, 0.29) is 0 Å². The number of carbonyl (C=O) groups is 1. The number of nitrogens with two attached hydrogens (primary N) is 1. The highest BCUT2D eigenvalue weighted by atomic mass is 16.5. The fourth-order valence-electron chi connectivity index (χ4n) is 0.679. The van der Waals surface area contributed by atoms with Crippen LogP contribution in [0, 0.1) is 6.92 Å². The van der Waals surface area contributed by atoms with Gasteiger partial charge in [-0.2, -0.15) is 0 Å². The van der Waals surface area contributed by atoms with Crippen molar-refractivity contribution in [2.24, 2.45) is 5.73 Å². The lowest BCUT2D eigenvalue weighted by Crippen LogP contribution is -2.28. The van der Waals surface area contributed by atoms with Crippen molar-refractivity contribution in [3.63, 3.8) is 0 Å². The SMILES string of the molecule is Cc1cc(CNC(N)=O)no1. The highest BCUT2D eigenvalue weighted by Crippen LogP contribution is 1.99. The van der Waals surface area contributed by atoms with Gasteiger partial charge in [0.25, 0.3) is 0 Å². The molecule has 2 amide bonds. The Balaban J connectivity index is 2.45. The minimum absolute atomic E-state index is 0.312. The average molecular weight is 155 g/mol. The molecule has 0 fully saturated rings. The smallest absolute Gasteiger partial charge is 0.312 e. The first-order valence-corrected chi connectivity index (χ1v) is 3.14. The summed E-state index contributed by atoms with van der Waals surface area (Å²) in [5, 5.41) is 6.03. The Labute approximate surface area is 63.5 Å². The summed E-state index contributed by atoms with van der Waals surface area (Å²) in [6.07, 6.45) is 0. The van der Waals surface area contributed by atoms with Crippen molar-refractivity contribution in [2.75, 3.05) is 0 Å². The summed E-state index contributed by atoms with van der Waals surface area (Å²) in [4.78, 5) is 10.2. The molecule has 60 valence electrons. The second-order valence-corrected chi connectivity index (χ2v) is 2.15. The van der Waals surface area contributed by atoms with Gasteiger partial charge in [0, 0.05) is 6.07 Å². The third-order valence-electron chi connectivity index (χ3n) is 1.12. The lowest BCUT2D eigenvalue weighted by molar-refractivity contribution is 0.248. The summed E-state index contributed by atoms with van der Waals surface area (Å²) in [7, 11) is 0. The van der Waals surface area contributed by atoms with Crippen molar-refractivity contribution in [2.45, 2.75) is 13.5 Å². The number of primary amides is 1. The Morgan fingerprint density at radius 2 is 2.64 bits per heavy atom. The fraction of sp³-hybridized carbons (Fsp3) is 0.333. The van der Waals surface area contributed by atoms with Crippen molar-refractivity contribution in [3.05, 3.63) is 17.5 Å². The molecular formula is C6H9N3O2. The van der Waals surface area contributed by atoms with E-state index in [1.165, 1.54) is 0 Å². The zero-order valence-corrected chi connectivity index (χ0v) is 6.13. The predicted octanol–water partition coefficient (Wildman–Crippen LogP) is 0.151. The zero-order valence-electron chi connectivity index (χ0n) is 6.13. The van der Waals surface area contributed by atoms with Gasteiger partial charge < -0.3 is 15.6 Å². The van der Waals surface area contributed by atoms with E-state index in [1.807, 2.05) is 0 Å². The number of aryl methyl sites for hydroxylation is 1. The number of hydrogen-bond acceptors (Lipinski definition) is 3. The van der Waals surface area contributed by atoms with Crippen LogP contribution in [0.3, 0.4) is 0 Å². The zero-order chi connectivity index (χ0) is 8.27. The summed E-state index contributed by atoms with van der Waals surface area (Å²) in [6, 6.07) is 1.17. The summed E-state index contributed by atoms with van der Waals surface area (Å²) < 4.78 is 4.75. The Hall–Kier alpha value is -1.52. The van der Waals surface area contributed by atoms with E-state index in [0.29, 0.717) is 18.0 Å². The first kappa shape index (κ1) is 7.59. The summed E-state index contributed by atoms with van der Waals surface area (Å²) in [5.41, 5.74) is 5.51. The quantitative estimate of drug-likeness (QED) is 0.637. The molecule has 0 aromatic carbocycles. The van der Waals surface area contributed by atoms with Gasteiger partial charge in [0.05, 0.1) is 6.54 Å². The summed E-state index contributed by atoms with van der Waals surface area (Å²) in [5.74, 6) is 0.714. The van der Waals surface area contributed by atoms with Gasteiger partial charge in [-0.3, -0.25) is 0 Å². The molecule has 3 N–H and O–H groups in total. The van der Waals surface area contributed by atoms with Crippen molar-refractivity contribution >= 4 is 6.03 Å². The largest absolute Gasteiger partial charge is 0.361 e. The van der Waals surface area contributed by atoms with Gasteiger partial charge in [-0.25, -0.2) is 4.79 Å². The number of aromatic nitrogens is 1. The molecule has 0 radical (unpaired) electrons. The molecule has 0 aliphatic heterocycles. The highest BCUT2D eigenvalue weighted by molar-refractivity contribution is 5.71. The van der Waals surface area contributed by atoms with E-state index < -0.39 is 6.03 Å². The minimum atomic E-state index is -0.564. The maximum atomic E-state index is 10.2. The van der Waals surface area contributed by atoms with Crippen LogP contribution in [-0.4, -0.2) is 11.2 Å². The molecule has 0 aliphatic rings. The number of amides is 2. The number of hydrogen-bond donors (Lipinski definition) is 2. The average Bonchev–Trinajstić information content (AvgIpc) is 2.31. The van der Waals surface area contributed by atoms with Gasteiger partial charge in [-0.1, -0.05) is 5.16 Å². The highest BCUT2D eigenvalue weighted by Gasteiger charge is 1.99. The van der Waals surface area contributed by atoms with Gasteiger partial charge in [-0.15, -0.1) is 0 Å². The lowest BCUT2D eigenvalue weighted by Gasteiger charge is -1.94. The van der Waals surface area contributed by atoms with Gasteiger partial charge in [0.1, 0.15) is 11.5 Å². The van der Waals surface area contributed by atoms with E-state index >= 15 is 0 Å². The van der Waals surface area contributed by atoms with Crippen molar-refractivity contribution in [1.29, 1.82) is 0 Å². The number of nitrogens with zero attached hydrogens (tertiary/aromatic N) is 1. The maximum Gasteiger partial charge on any atom is 0.312 e. The number of carbonyl (C=O) groups excluding carboxylic acids is 1. The molecule has 0 atom stereocenters. The molecule has 5 heteroatoms. The molecule has 0 unspecified atom stereocenters. The van der Waals surface area contributed by atoms with Gasteiger partial charge in [-0.05, 0) is 6.92 Å². The van der Waals surface area contributed by atoms with E-state index in [0.717, 1.165) is 0 Å². The van der Waals surface area contributed by atoms with E-state index in [9.17, 15) is 4.79 Å². The number of nitrogens with one attached hydrogen (secondary N) is 1. The molecule has 11 heavy (non-hydrogen) atoms. The van der Waals surface area contributed by atoms with Gasteiger partial charge in [0.15, 0.2) is 0 Å². The van der Waals surface area contributed by atoms with Crippen LogP contribution in [0.4, 0.5) is 4.79 Å². The first-order chi connectivity index (χ1) is 5.18. The Morgan fingerprint density at radius 3 is 3.09 bits per heavy atom. The maximum absolute atomic E-state index is 10.2. The van der Waals surface area contributed by atoms with E-state index in [1.54, 1.807) is 13.0 Å². The van der Waals surface area contributed by atoms with Gasteiger partial charge in [0.2, 0.25) is 0 Å². The van der Waals surface area contributed by atoms with Crippen LogP contribution in [0.2, 0.25) is 0 Å². The topological polar surface area (TPSA) is 81.1 Å². The predicted molar refractivity (Wildman–Crippen MR) is 37.7 cm³/mol. The molecule has 0 aliphatic carbocycles. The van der Waals surface area contributed by atoms with Crippen LogP contribution in [0.15, 0.2) is 10.6 Å². The molecule has 1 rings (SSSR count). The molecule has 0 saturated carbocycles. The molecule has 0 bridgehead atoms. The molecule has 1 aromatic rings. The van der Waals surface area contributed by atoms with Gasteiger partial charge >= 0.3 is 6.03 Å². The van der Waals surface area contributed by atoms with Crippen LogP contribution >= 0.6 is 0 Å². The lowest BCUT2D eigenvalue weighted by atomic mass is 10.4. The third-order valence-corrected chi connectivity index (χ3v) is 1.12. The van der Waals surface area contributed by atoms with Crippen LogP contribution in [0.1, 0.15) is 11.5 Å². The molecule has 1 aromatic heterocycles. The van der Waals surface area contributed by atoms with Crippen LogP contribution in [0.25, 0.3) is 0 Å². The normalized spacial score (nSPS) is 9.55. The number of rotatable bonds is 2. The second kappa shape index (κ2) is 3.05. The fourth-order valence-corrected chi connectivity index (χ4v) is 0.679. The molecule has 0 saturated heterocycles. The number of urea groups is 1. The summed E-state index contributed by atoms with van der Waals surface area (Å²) >= 11 is 0. The Bertz CT molecular complexity index is 256. The minimum Gasteiger partial charge on any atom is -0.361 e. The molecule has 5 nitrogen and oxygen atoms in total. The first-order valence-electron chi connectivity index (χ1n) is 3.14. The second-order valence-electron chi connectivity index (χ2n) is 2.15. The van der Waals surface area contributed by atoms with Crippen molar-refractivity contribution < 1.29 is 9.32 Å². The summed E-state index contributed by atoms with van der Waals surface area (Å²) in [6.45, 7) is 2.09. The van der Waals surface area contributed by atoms with Crippen molar-refractivity contribution in [1.82, 2.24) is 10.5 Å². The Kier molecular flexibility index (Phi) is 2.10. The monoisotopic (exact) mass is 155 g/mol.